The Labute approximate surface area is 126 Å². The number of rotatable bonds is 7. The molecule has 2 rings (SSSR count). The fourth-order valence-electron chi connectivity index (χ4n) is 2.52. The lowest BCUT2D eigenvalue weighted by Gasteiger charge is -2.16. The molecule has 1 saturated carbocycles. The van der Waals surface area contributed by atoms with Gasteiger partial charge in [-0.25, -0.2) is 0 Å². The summed E-state index contributed by atoms with van der Waals surface area (Å²) in [5.41, 5.74) is 1.84. The maximum Gasteiger partial charge on any atom is 0.253 e. The number of anilines is 2. The van der Waals surface area contributed by atoms with Crippen molar-refractivity contribution in [3.8, 4) is 0 Å². The number of benzene rings is 1. The maximum absolute atomic E-state index is 12.0. The minimum atomic E-state index is -0.491. The molecular weight excluding hydrogens is 264 g/mol. The standard InChI is InChI=1S/C17H24N2O2/c1-3-11-21-13(2)17(20)19-16-10-6-9-15(12-16)18-14-7-4-5-8-14/h3,6,9-10,12-14,18H,1,4-5,7-8,11H2,2H3,(H,19,20). The molecule has 4 heteroatoms. The predicted molar refractivity (Wildman–Crippen MR) is 86.6 cm³/mol. The van der Waals surface area contributed by atoms with E-state index in [9.17, 15) is 4.79 Å². The molecule has 0 aliphatic heterocycles. The zero-order valence-electron chi connectivity index (χ0n) is 12.6. The molecule has 2 N–H and O–H groups in total. The van der Waals surface area contributed by atoms with E-state index in [4.69, 9.17) is 4.74 Å². The monoisotopic (exact) mass is 288 g/mol. The van der Waals surface area contributed by atoms with Crippen molar-refractivity contribution in [2.75, 3.05) is 17.2 Å². The van der Waals surface area contributed by atoms with Crippen LogP contribution in [0.1, 0.15) is 32.6 Å². The van der Waals surface area contributed by atoms with Crippen molar-refractivity contribution in [2.45, 2.75) is 44.8 Å². The Morgan fingerprint density at radius 3 is 2.86 bits per heavy atom. The molecule has 114 valence electrons. The van der Waals surface area contributed by atoms with E-state index < -0.39 is 6.10 Å². The smallest absolute Gasteiger partial charge is 0.253 e. The molecule has 0 aromatic heterocycles. The van der Waals surface area contributed by atoms with Crippen molar-refractivity contribution in [1.82, 2.24) is 0 Å². The van der Waals surface area contributed by atoms with Gasteiger partial charge in [0.25, 0.3) is 5.91 Å². The van der Waals surface area contributed by atoms with Crippen molar-refractivity contribution in [3.05, 3.63) is 36.9 Å². The minimum Gasteiger partial charge on any atom is -0.382 e. The van der Waals surface area contributed by atoms with Crippen LogP contribution in [0.2, 0.25) is 0 Å². The average Bonchev–Trinajstić information content (AvgIpc) is 2.98. The molecule has 4 nitrogen and oxygen atoms in total. The highest BCUT2D eigenvalue weighted by atomic mass is 16.5. The number of ether oxygens (including phenoxy) is 1. The lowest BCUT2D eigenvalue weighted by atomic mass is 10.2. The van der Waals surface area contributed by atoms with E-state index in [1.807, 2.05) is 24.3 Å². The van der Waals surface area contributed by atoms with Crippen molar-refractivity contribution in [2.24, 2.45) is 0 Å². The van der Waals surface area contributed by atoms with Crippen molar-refractivity contribution in [1.29, 1.82) is 0 Å². The third-order valence-electron chi connectivity index (χ3n) is 3.69. The van der Waals surface area contributed by atoms with Crippen LogP contribution in [0.25, 0.3) is 0 Å². The summed E-state index contributed by atoms with van der Waals surface area (Å²) in [6.45, 7) is 5.68. The SMILES string of the molecule is C=CCOC(C)C(=O)Nc1cccc(NC2CCCC2)c1. The van der Waals surface area contributed by atoms with Gasteiger partial charge in [-0.1, -0.05) is 25.0 Å². The molecule has 1 fully saturated rings. The molecule has 1 unspecified atom stereocenters. The Hall–Kier alpha value is -1.81. The number of nitrogens with one attached hydrogen (secondary N) is 2. The van der Waals surface area contributed by atoms with Crippen molar-refractivity contribution in [3.63, 3.8) is 0 Å². The average molecular weight is 288 g/mol. The van der Waals surface area contributed by atoms with E-state index in [0.29, 0.717) is 12.6 Å². The van der Waals surface area contributed by atoms with Gasteiger partial charge in [-0.05, 0) is 38.0 Å². The van der Waals surface area contributed by atoms with Gasteiger partial charge in [0.1, 0.15) is 6.10 Å². The van der Waals surface area contributed by atoms with Gasteiger partial charge in [0, 0.05) is 17.4 Å². The molecular formula is C17H24N2O2. The molecule has 1 aromatic rings. The molecule has 1 aromatic carbocycles. The van der Waals surface area contributed by atoms with Crippen molar-refractivity contribution >= 4 is 17.3 Å². The van der Waals surface area contributed by atoms with Crippen LogP contribution in [0.5, 0.6) is 0 Å². The largest absolute Gasteiger partial charge is 0.382 e. The number of hydrogen-bond acceptors (Lipinski definition) is 3. The number of carbonyl (C=O) groups excluding carboxylic acids is 1. The molecule has 0 spiro atoms. The Morgan fingerprint density at radius 2 is 2.14 bits per heavy atom. The van der Waals surface area contributed by atoms with Crippen molar-refractivity contribution < 1.29 is 9.53 Å². The molecule has 1 aliphatic rings. The third kappa shape index (κ3) is 4.90. The van der Waals surface area contributed by atoms with E-state index in [1.54, 1.807) is 13.0 Å². The van der Waals surface area contributed by atoms with E-state index in [0.717, 1.165) is 11.4 Å². The van der Waals surface area contributed by atoms with Gasteiger partial charge >= 0.3 is 0 Å². The zero-order chi connectivity index (χ0) is 15.1. The normalized spacial score (nSPS) is 16.4. The molecule has 1 aliphatic carbocycles. The Morgan fingerprint density at radius 1 is 1.43 bits per heavy atom. The fourth-order valence-corrected chi connectivity index (χ4v) is 2.52. The molecule has 0 bridgehead atoms. The van der Waals surface area contributed by atoms with Crippen LogP contribution in [-0.4, -0.2) is 24.7 Å². The van der Waals surface area contributed by atoms with E-state index in [1.165, 1.54) is 25.7 Å². The lowest BCUT2D eigenvalue weighted by molar-refractivity contribution is -0.125. The first-order valence-electron chi connectivity index (χ1n) is 7.59. The minimum absolute atomic E-state index is 0.144. The van der Waals surface area contributed by atoms with Crippen LogP contribution in [-0.2, 0) is 9.53 Å². The maximum atomic E-state index is 12.0. The molecule has 1 amide bonds. The Balaban J connectivity index is 1.90. The van der Waals surface area contributed by atoms with Gasteiger partial charge in [0.2, 0.25) is 0 Å². The summed E-state index contributed by atoms with van der Waals surface area (Å²) in [6, 6.07) is 8.40. The molecule has 0 heterocycles. The second-order valence-corrected chi connectivity index (χ2v) is 5.46. The number of carbonyl (C=O) groups is 1. The van der Waals surface area contributed by atoms with E-state index >= 15 is 0 Å². The van der Waals surface area contributed by atoms with Gasteiger partial charge in [-0.2, -0.15) is 0 Å². The summed E-state index contributed by atoms with van der Waals surface area (Å²) in [4.78, 5) is 12.0. The molecule has 0 saturated heterocycles. The van der Waals surface area contributed by atoms with Crippen LogP contribution in [0.3, 0.4) is 0 Å². The van der Waals surface area contributed by atoms with E-state index in [-0.39, 0.29) is 5.91 Å². The zero-order valence-corrected chi connectivity index (χ0v) is 12.6. The van der Waals surface area contributed by atoms with Gasteiger partial charge in [0.05, 0.1) is 6.61 Å². The quantitative estimate of drug-likeness (QED) is 0.754. The van der Waals surface area contributed by atoms with Crippen LogP contribution in [0.15, 0.2) is 36.9 Å². The Bertz CT molecular complexity index is 481. The lowest BCUT2D eigenvalue weighted by Crippen LogP contribution is -2.27. The number of hydrogen-bond donors (Lipinski definition) is 2. The number of amides is 1. The second kappa shape index (κ2) is 7.84. The summed E-state index contributed by atoms with van der Waals surface area (Å²) in [5.74, 6) is -0.144. The highest BCUT2D eigenvalue weighted by Gasteiger charge is 2.15. The first-order chi connectivity index (χ1) is 10.2. The van der Waals surface area contributed by atoms with Gasteiger partial charge in [0.15, 0.2) is 0 Å². The molecule has 1 atom stereocenters. The summed E-state index contributed by atoms with van der Waals surface area (Å²) >= 11 is 0. The fraction of sp³-hybridized carbons (Fsp3) is 0.471. The van der Waals surface area contributed by atoms with Crippen LogP contribution in [0, 0.1) is 0 Å². The highest BCUT2D eigenvalue weighted by molar-refractivity contribution is 5.94. The van der Waals surface area contributed by atoms with E-state index in [2.05, 4.69) is 17.2 Å². The molecule has 21 heavy (non-hydrogen) atoms. The van der Waals surface area contributed by atoms with Gasteiger partial charge in [-0.3, -0.25) is 4.79 Å². The van der Waals surface area contributed by atoms with Crippen LogP contribution in [0.4, 0.5) is 11.4 Å². The first-order valence-corrected chi connectivity index (χ1v) is 7.59. The van der Waals surface area contributed by atoms with Gasteiger partial charge in [-0.15, -0.1) is 6.58 Å². The van der Waals surface area contributed by atoms with Crippen LogP contribution < -0.4 is 10.6 Å². The summed E-state index contributed by atoms with van der Waals surface area (Å²) in [5, 5.41) is 6.40. The third-order valence-corrected chi connectivity index (χ3v) is 3.69. The summed E-state index contributed by atoms with van der Waals surface area (Å²) in [6.07, 6.45) is 6.19. The Kier molecular flexibility index (Phi) is 5.81. The summed E-state index contributed by atoms with van der Waals surface area (Å²) < 4.78 is 5.32. The predicted octanol–water partition coefficient (Wildman–Crippen LogP) is 3.57. The van der Waals surface area contributed by atoms with Gasteiger partial charge < -0.3 is 15.4 Å². The molecule has 0 radical (unpaired) electrons. The topological polar surface area (TPSA) is 50.4 Å². The highest BCUT2D eigenvalue weighted by Crippen LogP contribution is 2.23. The summed E-state index contributed by atoms with van der Waals surface area (Å²) in [7, 11) is 0. The first kappa shape index (κ1) is 15.6. The second-order valence-electron chi connectivity index (χ2n) is 5.46. The van der Waals surface area contributed by atoms with Crippen LogP contribution >= 0.6 is 0 Å².